The van der Waals surface area contributed by atoms with Crippen LogP contribution in [0.4, 0.5) is 0 Å². The van der Waals surface area contributed by atoms with Crippen molar-refractivity contribution in [3.05, 3.63) is 75.0 Å². The summed E-state index contributed by atoms with van der Waals surface area (Å²) in [5.74, 6) is -0.257. The molecule has 1 fully saturated rings. The Labute approximate surface area is 191 Å². The van der Waals surface area contributed by atoms with Gasteiger partial charge in [0.05, 0.1) is 11.4 Å². The number of aryl methyl sites for hydroxylation is 1. The van der Waals surface area contributed by atoms with Crippen LogP contribution < -0.4 is 5.32 Å². The fraction of sp³-hybridized carbons (Fsp3) is 0.348. The van der Waals surface area contributed by atoms with Gasteiger partial charge in [-0.1, -0.05) is 46.6 Å². The van der Waals surface area contributed by atoms with E-state index in [4.69, 9.17) is 27.9 Å². The molecule has 1 aliphatic rings. The first-order valence-corrected chi connectivity index (χ1v) is 11.0. The summed E-state index contributed by atoms with van der Waals surface area (Å²) < 4.78 is 7.26. The van der Waals surface area contributed by atoms with Crippen molar-refractivity contribution >= 4 is 29.1 Å². The predicted molar refractivity (Wildman–Crippen MR) is 121 cm³/mol. The monoisotopic (exact) mass is 458 g/mol. The molecule has 2 heterocycles. The van der Waals surface area contributed by atoms with Gasteiger partial charge in [0, 0.05) is 35.2 Å². The summed E-state index contributed by atoms with van der Waals surface area (Å²) in [6, 6.07) is 13.4. The molecule has 0 aliphatic carbocycles. The molecule has 8 heteroatoms. The third-order valence-electron chi connectivity index (χ3n) is 5.90. The van der Waals surface area contributed by atoms with Crippen molar-refractivity contribution in [3.8, 4) is 5.69 Å². The van der Waals surface area contributed by atoms with E-state index in [1.54, 1.807) is 10.7 Å². The second-order valence-electron chi connectivity index (χ2n) is 7.97. The topological polar surface area (TPSA) is 69.0 Å². The van der Waals surface area contributed by atoms with E-state index in [9.17, 15) is 4.79 Å². The number of benzene rings is 2. The molecule has 4 rings (SSSR count). The lowest BCUT2D eigenvalue weighted by Gasteiger charge is -2.38. The first kappa shape index (κ1) is 21.8. The Morgan fingerprint density at radius 1 is 1.16 bits per heavy atom. The van der Waals surface area contributed by atoms with Crippen LogP contribution in [0, 0.1) is 13.8 Å². The molecular formula is C23H24Cl2N4O2. The van der Waals surface area contributed by atoms with Crippen molar-refractivity contribution in [2.24, 2.45) is 0 Å². The van der Waals surface area contributed by atoms with Gasteiger partial charge in [0.1, 0.15) is 0 Å². The maximum atomic E-state index is 13.0. The molecular weight excluding hydrogens is 435 g/mol. The molecule has 0 bridgehead atoms. The standard InChI is InChI=1S/C23H24Cl2N4O2/c1-15-4-3-5-18(12-15)29-16(2)21(27-28-29)22(30)26-14-23(8-10-31-11-9-23)19-7-6-17(24)13-20(19)25/h3-7,12-13H,8-11,14H2,1-2H3,(H,26,30). The van der Waals surface area contributed by atoms with Crippen LogP contribution in [0.3, 0.4) is 0 Å². The summed E-state index contributed by atoms with van der Waals surface area (Å²) in [5, 5.41) is 12.6. The van der Waals surface area contributed by atoms with E-state index in [1.807, 2.05) is 50.2 Å². The summed E-state index contributed by atoms with van der Waals surface area (Å²) >= 11 is 12.6. The molecule has 6 nitrogen and oxygen atoms in total. The largest absolute Gasteiger partial charge is 0.381 e. The minimum atomic E-state index is -0.323. The van der Waals surface area contributed by atoms with Crippen LogP contribution in [0.15, 0.2) is 42.5 Å². The second kappa shape index (κ2) is 8.99. The minimum Gasteiger partial charge on any atom is -0.381 e. The van der Waals surface area contributed by atoms with Crippen molar-refractivity contribution in [2.75, 3.05) is 19.8 Å². The number of carbonyl (C=O) groups excluding carboxylic acids is 1. The van der Waals surface area contributed by atoms with E-state index in [0.717, 1.165) is 29.7 Å². The number of hydrogen-bond donors (Lipinski definition) is 1. The highest BCUT2D eigenvalue weighted by molar-refractivity contribution is 6.35. The molecule has 1 amide bonds. The van der Waals surface area contributed by atoms with E-state index < -0.39 is 0 Å². The first-order chi connectivity index (χ1) is 14.9. The van der Waals surface area contributed by atoms with Gasteiger partial charge in [-0.2, -0.15) is 0 Å². The molecule has 1 aromatic heterocycles. The molecule has 1 saturated heterocycles. The van der Waals surface area contributed by atoms with Crippen molar-refractivity contribution in [1.29, 1.82) is 0 Å². The lowest BCUT2D eigenvalue weighted by atomic mass is 9.74. The normalized spacial score (nSPS) is 15.6. The molecule has 0 spiro atoms. The molecule has 3 aromatic rings. The number of nitrogens with one attached hydrogen (secondary N) is 1. The Morgan fingerprint density at radius 3 is 2.65 bits per heavy atom. The number of nitrogens with zero attached hydrogens (tertiary/aromatic N) is 3. The molecule has 0 atom stereocenters. The third kappa shape index (κ3) is 4.47. The van der Waals surface area contributed by atoms with Crippen LogP contribution in [0.2, 0.25) is 10.0 Å². The Morgan fingerprint density at radius 2 is 1.94 bits per heavy atom. The number of amides is 1. The highest BCUT2D eigenvalue weighted by Gasteiger charge is 2.37. The zero-order valence-electron chi connectivity index (χ0n) is 17.5. The fourth-order valence-electron chi connectivity index (χ4n) is 4.10. The van der Waals surface area contributed by atoms with E-state index >= 15 is 0 Å². The van der Waals surface area contributed by atoms with Crippen LogP contribution in [-0.2, 0) is 10.2 Å². The number of hydrogen-bond acceptors (Lipinski definition) is 4. The van der Waals surface area contributed by atoms with Gasteiger partial charge in [-0.15, -0.1) is 5.10 Å². The SMILES string of the molecule is Cc1cccc(-n2nnc(C(=O)NCC3(c4ccc(Cl)cc4Cl)CCOCC3)c2C)c1. The van der Waals surface area contributed by atoms with Gasteiger partial charge >= 0.3 is 0 Å². The van der Waals surface area contributed by atoms with E-state index in [0.29, 0.717) is 41.2 Å². The van der Waals surface area contributed by atoms with Crippen LogP contribution in [0.5, 0.6) is 0 Å². The average Bonchev–Trinajstić information content (AvgIpc) is 3.14. The van der Waals surface area contributed by atoms with E-state index in [-0.39, 0.29) is 11.3 Å². The summed E-state index contributed by atoms with van der Waals surface area (Å²) in [4.78, 5) is 13.0. The first-order valence-electron chi connectivity index (χ1n) is 10.2. The van der Waals surface area contributed by atoms with Crippen molar-refractivity contribution < 1.29 is 9.53 Å². The average molecular weight is 459 g/mol. The Bertz CT molecular complexity index is 1110. The van der Waals surface area contributed by atoms with Gasteiger partial charge in [-0.3, -0.25) is 4.79 Å². The van der Waals surface area contributed by atoms with Crippen molar-refractivity contribution in [2.45, 2.75) is 32.1 Å². The smallest absolute Gasteiger partial charge is 0.273 e. The molecule has 0 unspecified atom stereocenters. The van der Waals surface area contributed by atoms with Gasteiger partial charge in [-0.25, -0.2) is 4.68 Å². The minimum absolute atomic E-state index is 0.257. The van der Waals surface area contributed by atoms with Gasteiger partial charge in [-0.05, 0) is 62.1 Å². The lowest BCUT2D eigenvalue weighted by molar-refractivity contribution is 0.0487. The zero-order valence-corrected chi connectivity index (χ0v) is 19.0. The lowest BCUT2D eigenvalue weighted by Crippen LogP contribution is -2.45. The zero-order chi connectivity index (χ0) is 22.0. The maximum Gasteiger partial charge on any atom is 0.273 e. The van der Waals surface area contributed by atoms with Gasteiger partial charge < -0.3 is 10.1 Å². The van der Waals surface area contributed by atoms with Crippen LogP contribution in [0.25, 0.3) is 5.69 Å². The number of rotatable bonds is 5. The third-order valence-corrected chi connectivity index (χ3v) is 6.44. The van der Waals surface area contributed by atoms with Gasteiger partial charge in [0.25, 0.3) is 5.91 Å². The number of carbonyl (C=O) groups is 1. The quantitative estimate of drug-likeness (QED) is 0.602. The number of halogens is 2. The summed E-state index contributed by atoms with van der Waals surface area (Å²) in [6.07, 6.45) is 1.51. The van der Waals surface area contributed by atoms with E-state index in [1.165, 1.54) is 0 Å². The summed E-state index contributed by atoms with van der Waals surface area (Å²) in [5.41, 5.74) is 3.63. The molecule has 31 heavy (non-hydrogen) atoms. The van der Waals surface area contributed by atoms with Crippen LogP contribution >= 0.6 is 23.2 Å². The van der Waals surface area contributed by atoms with Crippen molar-refractivity contribution in [1.82, 2.24) is 20.3 Å². The predicted octanol–water partition coefficient (Wildman–Crippen LogP) is 4.67. The van der Waals surface area contributed by atoms with Crippen LogP contribution in [-0.4, -0.2) is 40.7 Å². The molecule has 2 aromatic carbocycles. The van der Waals surface area contributed by atoms with E-state index in [2.05, 4.69) is 15.6 Å². The highest BCUT2D eigenvalue weighted by Crippen LogP contribution is 2.39. The van der Waals surface area contributed by atoms with Crippen molar-refractivity contribution in [3.63, 3.8) is 0 Å². The van der Waals surface area contributed by atoms with Crippen LogP contribution in [0.1, 0.15) is 40.2 Å². The maximum absolute atomic E-state index is 13.0. The summed E-state index contributed by atoms with van der Waals surface area (Å²) in [7, 11) is 0. The van der Waals surface area contributed by atoms with Gasteiger partial charge in [0.2, 0.25) is 0 Å². The highest BCUT2D eigenvalue weighted by atomic mass is 35.5. The molecule has 162 valence electrons. The van der Waals surface area contributed by atoms with Gasteiger partial charge in [0.15, 0.2) is 5.69 Å². The molecule has 0 saturated carbocycles. The number of aromatic nitrogens is 3. The molecule has 0 radical (unpaired) electrons. The molecule has 1 aliphatic heterocycles. The Hall–Kier alpha value is -2.41. The Kier molecular flexibility index (Phi) is 6.32. The summed E-state index contributed by atoms with van der Waals surface area (Å²) in [6.45, 7) is 5.50. The second-order valence-corrected chi connectivity index (χ2v) is 8.82. The number of ether oxygens (including phenoxy) is 1. The molecule has 1 N–H and O–H groups in total. The Balaban J connectivity index is 1.56. The fourth-order valence-corrected chi connectivity index (χ4v) is 4.71.